The third kappa shape index (κ3) is 5.07. The molecule has 0 atom stereocenters. The van der Waals surface area contributed by atoms with Crippen LogP contribution in [0.1, 0.15) is 55.8 Å². The molecule has 1 aliphatic rings. The Labute approximate surface area is 216 Å². The highest BCUT2D eigenvalue weighted by atomic mass is 32.2. The number of hydrogen-bond donors (Lipinski definition) is 0. The van der Waals surface area contributed by atoms with Crippen molar-refractivity contribution in [1.29, 1.82) is 0 Å². The minimum atomic E-state index is -3.63. The maximum absolute atomic E-state index is 13.1. The molecule has 0 N–H and O–H groups in total. The lowest BCUT2D eigenvalue weighted by atomic mass is 9.96. The van der Waals surface area contributed by atoms with Crippen molar-refractivity contribution in [2.45, 2.75) is 62.9 Å². The smallest absolute Gasteiger partial charge is 0.279 e. The number of methoxy groups -OCH3 is 2. The number of aromatic nitrogens is 1. The van der Waals surface area contributed by atoms with E-state index in [4.69, 9.17) is 9.47 Å². The number of thiazole rings is 1. The average Bonchev–Trinajstić information content (AvgIpc) is 3.26. The number of rotatable bonds is 8. The lowest BCUT2D eigenvalue weighted by Crippen LogP contribution is -2.38. The van der Waals surface area contributed by atoms with Crippen LogP contribution in [0.2, 0.25) is 0 Å². The van der Waals surface area contributed by atoms with Crippen molar-refractivity contribution in [3.05, 3.63) is 46.8 Å². The van der Waals surface area contributed by atoms with Crippen molar-refractivity contribution in [3.8, 4) is 11.5 Å². The molecule has 1 aromatic heterocycles. The van der Waals surface area contributed by atoms with Gasteiger partial charge in [-0.3, -0.25) is 4.79 Å². The molecule has 36 heavy (non-hydrogen) atoms. The Balaban J connectivity index is 1.68. The van der Waals surface area contributed by atoms with Crippen LogP contribution in [0.15, 0.2) is 46.3 Å². The molecular weight excluding hydrogens is 498 g/mol. The third-order valence-electron chi connectivity index (χ3n) is 6.70. The van der Waals surface area contributed by atoms with Gasteiger partial charge in [-0.25, -0.2) is 8.42 Å². The highest BCUT2D eigenvalue weighted by Crippen LogP contribution is 2.35. The van der Waals surface area contributed by atoms with Crippen LogP contribution in [0, 0.1) is 0 Å². The van der Waals surface area contributed by atoms with Crippen LogP contribution in [0.4, 0.5) is 0 Å². The number of amides is 1. The van der Waals surface area contributed by atoms with Gasteiger partial charge in [0, 0.05) is 25.2 Å². The van der Waals surface area contributed by atoms with Crippen LogP contribution in [0.3, 0.4) is 0 Å². The van der Waals surface area contributed by atoms with E-state index in [0.29, 0.717) is 28.4 Å². The van der Waals surface area contributed by atoms with Gasteiger partial charge >= 0.3 is 0 Å². The molecular formula is C26H33N3O5S2. The molecule has 1 saturated carbocycles. The number of hydrogen-bond acceptors (Lipinski definition) is 6. The molecule has 0 radical (unpaired) electrons. The van der Waals surface area contributed by atoms with Crippen molar-refractivity contribution in [2.24, 2.45) is 4.99 Å². The molecule has 4 rings (SSSR count). The van der Waals surface area contributed by atoms with Crippen LogP contribution in [-0.4, -0.2) is 50.5 Å². The number of carbonyl (C=O) groups excluding carboxylic acids is 1. The number of sulfonamides is 1. The van der Waals surface area contributed by atoms with Gasteiger partial charge in [-0.15, -0.1) is 0 Å². The summed E-state index contributed by atoms with van der Waals surface area (Å²) in [5, 5.41) is 0. The van der Waals surface area contributed by atoms with E-state index in [1.165, 1.54) is 39.9 Å². The van der Waals surface area contributed by atoms with Gasteiger partial charge in [0.05, 0.1) is 19.1 Å². The first-order chi connectivity index (χ1) is 17.3. The number of fused-ring (bicyclic) bond motifs is 1. The lowest BCUT2D eigenvalue weighted by Gasteiger charge is -2.30. The van der Waals surface area contributed by atoms with Gasteiger partial charge < -0.3 is 14.0 Å². The molecule has 8 nitrogen and oxygen atoms in total. The van der Waals surface area contributed by atoms with Crippen LogP contribution in [0.5, 0.6) is 11.5 Å². The van der Waals surface area contributed by atoms with Crippen molar-refractivity contribution >= 4 is 37.5 Å². The highest BCUT2D eigenvalue weighted by molar-refractivity contribution is 7.89. The zero-order chi connectivity index (χ0) is 25.9. The number of carbonyl (C=O) groups is 1. The number of benzene rings is 2. The quantitative estimate of drug-likeness (QED) is 0.416. The van der Waals surface area contributed by atoms with Gasteiger partial charge in [-0.05, 0) is 55.7 Å². The Morgan fingerprint density at radius 1 is 1.06 bits per heavy atom. The number of ether oxygens (including phenoxy) is 2. The SMILES string of the molecule is CCCn1c(=NC(=O)c2ccc(S(=O)(=O)N(C)C3CCCCC3)cc2)sc2c(OC)ccc(OC)c21. The molecule has 1 fully saturated rings. The molecule has 2 aromatic carbocycles. The summed E-state index contributed by atoms with van der Waals surface area (Å²) < 4.78 is 41.7. The first kappa shape index (κ1) is 26.4. The van der Waals surface area contributed by atoms with E-state index in [2.05, 4.69) is 11.9 Å². The van der Waals surface area contributed by atoms with Crippen LogP contribution in [-0.2, 0) is 16.6 Å². The van der Waals surface area contributed by atoms with E-state index in [0.717, 1.165) is 48.7 Å². The fourth-order valence-corrected chi connectivity index (χ4v) is 7.28. The summed E-state index contributed by atoms with van der Waals surface area (Å²) in [7, 11) is 1.24. The van der Waals surface area contributed by atoms with E-state index >= 15 is 0 Å². The molecule has 0 spiro atoms. The van der Waals surface area contributed by atoms with E-state index in [9.17, 15) is 13.2 Å². The average molecular weight is 532 g/mol. The largest absolute Gasteiger partial charge is 0.495 e. The molecule has 194 valence electrons. The minimum Gasteiger partial charge on any atom is -0.495 e. The highest BCUT2D eigenvalue weighted by Gasteiger charge is 2.29. The predicted octanol–water partition coefficient (Wildman–Crippen LogP) is 4.82. The fourth-order valence-electron chi connectivity index (χ4n) is 4.70. The molecule has 1 amide bonds. The van der Waals surface area contributed by atoms with E-state index in [1.807, 2.05) is 16.7 Å². The fraction of sp³-hybridized carbons (Fsp3) is 0.462. The summed E-state index contributed by atoms with van der Waals surface area (Å²) in [4.78, 5) is 18.2. The molecule has 0 saturated heterocycles. The summed E-state index contributed by atoms with van der Waals surface area (Å²) >= 11 is 1.36. The Morgan fingerprint density at radius 3 is 2.31 bits per heavy atom. The van der Waals surface area contributed by atoms with E-state index in [1.54, 1.807) is 21.3 Å². The first-order valence-corrected chi connectivity index (χ1v) is 14.5. The molecule has 1 heterocycles. The number of aryl methyl sites for hydroxylation is 1. The molecule has 1 aliphatic carbocycles. The summed E-state index contributed by atoms with van der Waals surface area (Å²) in [6.07, 6.45) is 5.86. The van der Waals surface area contributed by atoms with Gasteiger partial charge in [0.1, 0.15) is 21.7 Å². The molecule has 0 aliphatic heterocycles. The summed E-state index contributed by atoms with van der Waals surface area (Å²) in [6, 6.07) is 9.76. The zero-order valence-corrected chi connectivity index (χ0v) is 22.8. The summed E-state index contributed by atoms with van der Waals surface area (Å²) in [6.45, 7) is 2.71. The van der Waals surface area contributed by atoms with Gasteiger partial charge in [0.25, 0.3) is 5.91 Å². The van der Waals surface area contributed by atoms with Crippen molar-refractivity contribution in [2.75, 3.05) is 21.3 Å². The van der Waals surface area contributed by atoms with Crippen molar-refractivity contribution in [3.63, 3.8) is 0 Å². The van der Waals surface area contributed by atoms with Gasteiger partial charge in [0.15, 0.2) is 4.80 Å². The Morgan fingerprint density at radius 2 is 1.69 bits per heavy atom. The predicted molar refractivity (Wildman–Crippen MR) is 141 cm³/mol. The van der Waals surface area contributed by atoms with Crippen LogP contribution in [0.25, 0.3) is 10.2 Å². The monoisotopic (exact) mass is 531 g/mol. The standard InChI is InChI=1S/C26H33N3O5S2/c1-5-17-29-23-21(33-3)15-16-22(34-4)24(23)35-26(29)27-25(30)18-11-13-20(14-12-18)36(31,32)28(2)19-9-7-6-8-10-19/h11-16,19H,5-10,17H2,1-4H3. The third-order valence-corrected chi connectivity index (χ3v) is 9.72. The van der Waals surface area contributed by atoms with E-state index < -0.39 is 15.9 Å². The topological polar surface area (TPSA) is 90.2 Å². The maximum atomic E-state index is 13.1. The number of nitrogens with zero attached hydrogens (tertiary/aromatic N) is 3. The normalized spacial score (nSPS) is 15.5. The van der Waals surface area contributed by atoms with Crippen molar-refractivity contribution in [1.82, 2.24) is 8.87 Å². The lowest BCUT2D eigenvalue weighted by molar-refractivity contribution is 0.0997. The molecule has 0 unspecified atom stereocenters. The summed E-state index contributed by atoms with van der Waals surface area (Å²) in [5.74, 6) is 0.932. The first-order valence-electron chi connectivity index (χ1n) is 12.2. The van der Waals surface area contributed by atoms with Crippen LogP contribution < -0.4 is 14.3 Å². The van der Waals surface area contributed by atoms with Gasteiger partial charge in [-0.1, -0.05) is 37.5 Å². The van der Waals surface area contributed by atoms with E-state index in [-0.39, 0.29) is 10.9 Å². The Bertz CT molecular complexity index is 1400. The Kier molecular flexibility index (Phi) is 8.17. The Hall–Kier alpha value is -2.69. The second-order valence-corrected chi connectivity index (χ2v) is 11.9. The maximum Gasteiger partial charge on any atom is 0.279 e. The van der Waals surface area contributed by atoms with Crippen molar-refractivity contribution < 1.29 is 22.7 Å². The second-order valence-electron chi connectivity index (χ2n) is 8.94. The van der Waals surface area contributed by atoms with Gasteiger partial charge in [-0.2, -0.15) is 9.30 Å². The molecule has 0 bridgehead atoms. The second kappa shape index (κ2) is 11.1. The molecule has 10 heteroatoms. The molecule has 3 aromatic rings. The summed E-state index contributed by atoms with van der Waals surface area (Å²) in [5.41, 5.74) is 1.16. The van der Waals surface area contributed by atoms with Gasteiger partial charge in [0.2, 0.25) is 10.0 Å². The minimum absolute atomic E-state index is 0.0241. The zero-order valence-electron chi connectivity index (χ0n) is 21.2. The van der Waals surface area contributed by atoms with Crippen LogP contribution >= 0.6 is 11.3 Å².